The maximum absolute atomic E-state index is 11.7. The molecule has 6 nitrogen and oxygen atoms in total. The standard InChI is InChI=1S/C13H21N5O/c1-13(2,3)11-15-7-10(8-16-11)18-12(19)17-9-4-5-14-6-9/h7-9,14H,4-6H2,1-3H3,(H2,17,18,19)/t9-/m0/s1. The molecule has 2 heterocycles. The van der Waals surface area contributed by atoms with Crippen LogP contribution < -0.4 is 16.0 Å². The van der Waals surface area contributed by atoms with E-state index in [4.69, 9.17) is 0 Å². The summed E-state index contributed by atoms with van der Waals surface area (Å²) in [5.74, 6) is 0.762. The molecule has 0 aromatic carbocycles. The summed E-state index contributed by atoms with van der Waals surface area (Å²) in [6, 6.07) is -0.00410. The Bertz CT molecular complexity index is 431. The Balaban J connectivity index is 1.90. The fourth-order valence-corrected chi connectivity index (χ4v) is 1.91. The maximum Gasteiger partial charge on any atom is 0.319 e. The molecule has 2 amide bonds. The van der Waals surface area contributed by atoms with Gasteiger partial charge in [0.25, 0.3) is 0 Å². The van der Waals surface area contributed by atoms with Gasteiger partial charge >= 0.3 is 6.03 Å². The van der Waals surface area contributed by atoms with Crippen LogP contribution in [0.2, 0.25) is 0 Å². The monoisotopic (exact) mass is 263 g/mol. The third-order valence-corrected chi connectivity index (χ3v) is 2.98. The second-order valence-electron chi connectivity index (χ2n) is 5.83. The molecule has 0 radical (unpaired) electrons. The minimum absolute atomic E-state index is 0.0870. The summed E-state index contributed by atoms with van der Waals surface area (Å²) in [7, 11) is 0. The first-order valence-corrected chi connectivity index (χ1v) is 6.56. The van der Waals surface area contributed by atoms with Gasteiger partial charge in [-0.2, -0.15) is 0 Å². The Morgan fingerprint density at radius 3 is 2.58 bits per heavy atom. The first-order chi connectivity index (χ1) is 8.95. The third-order valence-electron chi connectivity index (χ3n) is 2.98. The Morgan fingerprint density at radius 2 is 2.05 bits per heavy atom. The Kier molecular flexibility index (Phi) is 3.99. The van der Waals surface area contributed by atoms with E-state index in [0.717, 1.165) is 25.3 Å². The van der Waals surface area contributed by atoms with Crippen molar-refractivity contribution in [1.82, 2.24) is 20.6 Å². The van der Waals surface area contributed by atoms with Gasteiger partial charge in [-0.25, -0.2) is 14.8 Å². The van der Waals surface area contributed by atoms with Gasteiger partial charge in [0, 0.05) is 18.0 Å². The zero-order valence-corrected chi connectivity index (χ0v) is 11.7. The number of urea groups is 1. The van der Waals surface area contributed by atoms with Gasteiger partial charge in [0.05, 0.1) is 18.1 Å². The van der Waals surface area contributed by atoms with Crippen molar-refractivity contribution < 1.29 is 4.79 Å². The van der Waals surface area contributed by atoms with Gasteiger partial charge < -0.3 is 16.0 Å². The highest BCUT2D eigenvalue weighted by atomic mass is 16.2. The van der Waals surface area contributed by atoms with Crippen molar-refractivity contribution in [3.63, 3.8) is 0 Å². The van der Waals surface area contributed by atoms with Crippen molar-refractivity contribution in [2.75, 3.05) is 18.4 Å². The minimum Gasteiger partial charge on any atom is -0.334 e. The van der Waals surface area contributed by atoms with Crippen molar-refractivity contribution in [1.29, 1.82) is 0 Å². The molecule has 1 aliphatic heterocycles. The Labute approximate surface area is 113 Å². The third kappa shape index (κ3) is 3.89. The number of anilines is 1. The van der Waals surface area contributed by atoms with E-state index in [-0.39, 0.29) is 17.5 Å². The molecule has 2 rings (SSSR count). The van der Waals surface area contributed by atoms with Gasteiger partial charge in [-0.05, 0) is 13.0 Å². The van der Waals surface area contributed by atoms with Gasteiger partial charge in [0.15, 0.2) is 0 Å². The second-order valence-corrected chi connectivity index (χ2v) is 5.83. The van der Waals surface area contributed by atoms with Crippen LogP contribution in [0.3, 0.4) is 0 Å². The van der Waals surface area contributed by atoms with E-state index in [1.54, 1.807) is 12.4 Å². The molecule has 1 aromatic rings. The van der Waals surface area contributed by atoms with Crippen LogP contribution >= 0.6 is 0 Å². The minimum atomic E-state index is -0.208. The molecule has 0 unspecified atom stereocenters. The molecule has 1 saturated heterocycles. The number of nitrogens with one attached hydrogen (secondary N) is 3. The summed E-state index contributed by atoms with van der Waals surface area (Å²) in [5, 5.41) is 8.85. The number of nitrogens with zero attached hydrogens (tertiary/aromatic N) is 2. The second kappa shape index (κ2) is 5.52. The molecule has 0 bridgehead atoms. The van der Waals surface area contributed by atoms with Gasteiger partial charge in [0.2, 0.25) is 0 Å². The topological polar surface area (TPSA) is 78.9 Å². The number of aromatic nitrogens is 2. The van der Waals surface area contributed by atoms with Gasteiger partial charge in [-0.1, -0.05) is 20.8 Å². The fraction of sp³-hybridized carbons (Fsp3) is 0.615. The summed E-state index contributed by atoms with van der Waals surface area (Å²) in [6.07, 6.45) is 4.24. The number of hydrogen-bond acceptors (Lipinski definition) is 4. The normalized spacial score (nSPS) is 19.2. The van der Waals surface area contributed by atoms with Crippen LogP contribution in [0.5, 0.6) is 0 Å². The average Bonchev–Trinajstić information content (AvgIpc) is 2.81. The van der Waals surface area contributed by atoms with Crippen LogP contribution in [-0.2, 0) is 5.41 Å². The molecule has 1 fully saturated rings. The molecular weight excluding hydrogens is 242 g/mol. The largest absolute Gasteiger partial charge is 0.334 e. The van der Waals surface area contributed by atoms with E-state index >= 15 is 0 Å². The fourth-order valence-electron chi connectivity index (χ4n) is 1.91. The van der Waals surface area contributed by atoms with E-state index < -0.39 is 0 Å². The number of rotatable bonds is 2. The van der Waals surface area contributed by atoms with Gasteiger partial charge in [-0.3, -0.25) is 0 Å². The number of carbonyl (C=O) groups is 1. The highest BCUT2D eigenvalue weighted by Crippen LogP contribution is 2.18. The molecule has 1 aromatic heterocycles. The molecule has 19 heavy (non-hydrogen) atoms. The summed E-state index contributed by atoms with van der Waals surface area (Å²) < 4.78 is 0. The lowest BCUT2D eigenvalue weighted by atomic mass is 9.96. The Morgan fingerprint density at radius 1 is 1.37 bits per heavy atom. The highest BCUT2D eigenvalue weighted by Gasteiger charge is 2.18. The van der Waals surface area contributed by atoms with E-state index in [2.05, 4.69) is 46.7 Å². The number of carbonyl (C=O) groups excluding carboxylic acids is 1. The summed E-state index contributed by atoms with van der Waals surface area (Å²) in [6.45, 7) is 7.93. The van der Waals surface area contributed by atoms with Crippen LogP contribution in [0.4, 0.5) is 10.5 Å². The summed E-state index contributed by atoms with van der Waals surface area (Å²) >= 11 is 0. The highest BCUT2D eigenvalue weighted by molar-refractivity contribution is 5.89. The molecule has 3 N–H and O–H groups in total. The number of amides is 2. The van der Waals surface area contributed by atoms with Crippen molar-refractivity contribution in [3.8, 4) is 0 Å². The van der Waals surface area contributed by atoms with E-state index in [1.807, 2.05) is 0 Å². The van der Waals surface area contributed by atoms with Crippen LogP contribution in [-0.4, -0.2) is 35.1 Å². The summed E-state index contributed by atoms with van der Waals surface area (Å²) in [5.41, 5.74) is 0.521. The quantitative estimate of drug-likeness (QED) is 0.750. The first-order valence-electron chi connectivity index (χ1n) is 6.56. The van der Waals surface area contributed by atoms with Crippen molar-refractivity contribution in [2.24, 2.45) is 0 Å². The SMILES string of the molecule is CC(C)(C)c1ncc(NC(=O)N[C@H]2CCNC2)cn1. The van der Waals surface area contributed by atoms with Crippen LogP contribution in [0.15, 0.2) is 12.4 Å². The van der Waals surface area contributed by atoms with Crippen molar-refractivity contribution >= 4 is 11.7 Å². The lowest BCUT2D eigenvalue weighted by Crippen LogP contribution is -2.39. The van der Waals surface area contributed by atoms with E-state index in [9.17, 15) is 4.79 Å². The lowest BCUT2D eigenvalue weighted by Gasteiger charge is -2.16. The number of hydrogen-bond donors (Lipinski definition) is 3. The molecule has 0 aliphatic carbocycles. The summed E-state index contributed by atoms with van der Waals surface area (Å²) in [4.78, 5) is 20.3. The molecule has 0 spiro atoms. The van der Waals surface area contributed by atoms with E-state index in [1.165, 1.54) is 0 Å². The predicted molar refractivity (Wildman–Crippen MR) is 74.2 cm³/mol. The molecule has 6 heteroatoms. The van der Waals surface area contributed by atoms with Gasteiger partial charge in [0.1, 0.15) is 5.82 Å². The zero-order valence-electron chi connectivity index (χ0n) is 11.7. The first kappa shape index (κ1) is 13.7. The smallest absolute Gasteiger partial charge is 0.319 e. The molecule has 1 atom stereocenters. The maximum atomic E-state index is 11.7. The molecular formula is C13H21N5O. The van der Waals surface area contributed by atoms with Gasteiger partial charge in [-0.15, -0.1) is 0 Å². The molecule has 104 valence electrons. The van der Waals surface area contributed by atoms with Crippen molar-refractivity contribution in [3.05, 3.63) is 18.2 Å². The Hall–Kier alpha value is -1.69. The predicted octanol–water partition coefficient (Wildman–Crippen LogP) is 1.26. The van der Waals surface area contributed by atoms with Crippen LogP contribution in [0, 0.1) is 0 Å². The lowest BCUT2D eigenvalue weighted by molar-refractivity contribution is 0.249. The molecule has 1 aliphatic rings. The zero-order chi connectivity index (χ0) is 13.9. The average molecular weight is 263 g/mol. The van der Waals surface area contributed by atoms with Crippen LogP contribution in [0.1, 0.15) is 33.0 Å². The van der Waals surface area contributed by atoms with E-state index in [0.29, 0.717) is 5.69 Å². The van der Waals surface area contributed by atoms with Crippen molar-refractivity contribution in [2.45, 2.75) is 38.6 Å². The van der Waals surface area contributed by atoms with Crippen LogP contribution in [0.25, 0.3) is 0 Å². The molecule has 0 saturated carbocycles.